The number of piperidine rings is 1. The lowest BCUT2D eigenvalue weighted by atomic mass is 9.85. The van der Waals surface area contributed by atoms with Gasteiger partial charge in [0.05, 0.1) is 6.67 Å². The first-order valence-electron chi connectivity index (χ1n) is 12.4. The number of nitrogens with one attached hydrogen (secondary N) is 2. The summed E-state index contributed by atoms with van der Waals surface area (Å²) in [6.07, 6.45) is -1.89. The molecule has 2 saturated heterocycles. The minimum atomic E-state index is -5.08. The molecule has 0 radical (unpaired) electrons. The van der Waals surface area contributed by atoms with E-state index in [1.54, 1.807) is 4.90 Å². The van der Waals surface area contributed by atoms with E-state index in [4.69, 9.17) is 9.90 Å². The summed E-state index contributed by atoms with van der Waals surface area (Å²) in [6, 6.07) is 13.7. The molecule has 38 heavy (non-hydrogen) atoms. The maximum atomic E-state index is 12.6. The minimum absolute atomic E-state index is 0.00856. The van der Waals surface area contributed by atoms with E-state index in [1.807, 2.05) is 42.5 Å². The van der Waals surface area contributed by atoms with Gasteiger partial charge in [-0.3, -0.25) is 14.4 Å². The van der Waals surface area contributed by atoms with Crippen LogP contribution in [0.5, 0.6) is 0 Å². The van der Waals surface area contributed by atoms with Gasteiger partial charge in [0.25, 0.3) is 5.91 Å². The van der Waals surface area contributed by atoms with Crippen molar-refractivity contribution >= 4 is 34.5 Å². The number of likely N-dealkylation sites (tertiary alicyclic amines) is 1. The predicted molar refractivity (Wildman–Crippen MR) is 131 cm³/mol. The number of amides is 3. The highest BCUT2D eigenvalue weighted by molar-refractivity contribution is 5.98. The molecule has 1 spiro atoms. The van der Waals surface area contributed by atoms with E-state index < -0.39 is 17.7 Å². The molecule has 9 nitrogen and oxygen atoms in total. The molecule has 0 atom stereocenters. The number of alkyl halides is 3. The number of hydrogen-bond donors (Lipinski definition) is 3. The maximum absolute atomic E-state index is 12.6. The second-order valence-corrected chi connectivity index (χ2v) is 9.70. The van der Waals surface area contributed by atoms with Crippen molar-refractivity contribution in [2.75, 3.05) is 32.8 Å². The summed E-state index contributed by atoms with van der Waals surface area (Å²) in [6.45, 7) is 3.11. The van der Waals surface area contributed by atoms with Crippen LogP contribution in [0.1, 0.15) is 36.0 Å². The molecule has 204 valence electrons. The lowest BCUT2D eigenvalue weighted by Gasteiger charge is -2.42. The zero-order valence-electron chi connectivity index (χ0n) is 20.6. The molecule has 0 unspecified atom stereocenters. The van der Waals surface area contributed by atoms with Crippen LogP contribution < -0.4 is 10.6 Å². The van der Waals surface area contributed by atoms with E-state index in [0.29, 0.717) is 31.6 Å². The third-order valence-corrected chi connectivity index (χ3v) is 7.18. The molecule has 2 aliphatic heterocycles. The summed E-state index contributed by atoms with van der Waals surface area (Å²) < 4.78 is 31.7. The largest absolute Gasteiger partial charge is 0.490 e. The second kappa shape index (κ2) is 11.0. The fourth-order valence-electron chi connectivity index (χ4n) is 4.83. The van der Waals surface area contributed by atoms with Gasteiger partial charge < -0.3 is 25.5 Å². The quantitative estimate of drug-likeness (QED) is 0.542. The number of carboxylic acids is 1. The Morgan fingerprint density at radius 3 is 2.29 bits per heavy atom. The van der Waals surface area contributed by atoms with Crippen LogP contribution in [-0.2, 0) is 14.4 Å². The topological polar surface area (TPSA) is 119 Å². The van der Waals surface area contributed by atoms with Crippen LogP contribution in [0.4, 0.5) is 13.2 Å². The number of carbonyl (C=O) groups excluding carboxylic acids is 3. The Morgan fingerprint density at radius 1 is 1.05 bits per heavy atom. The van der Waals surface area contributed by atoms with E-state index in [-0.39, 0.29) is 23.6 Å². The molecular formula is C26H29F3N4O5. The van der Waals surface area contributed by atoms with Gasteiger partial charge in [-0.1, -0.05) is 30.3 Å². The molecule has 12 heteroatoms. The summed E-state index contributed by atoms with van der Waals surface area (Å²) in [4.78, 5) is 50.7. The average Bonchev–Trinajstić information content (AvgIpc) is 3.70. The number of rotatable bonds is 5. The zero-order valence-corrected chi connectivity index (χ0v) is 20.6. The lowest BCUT2D eigenvalue weighted by molar-refractivity contribution is -0.192. The second-order valence-electron chi connectivity index (χ2n) is 9.70. The van der Waals surface area contributed by atoms with Gasteiger partial charge in [0.2, 0.25) is 11.8 Å². The lowest BCUT2D eigenvalue weighted by Crippen LogP contribution is -2.58. The molecule has 3 fully saturated rings. The Hall–Kier alpha value is -3.67. The van der Waals surface area contributed by atoms with E-state index in [1.165, 1.54) is 0 Å². The fourth-order valence-corrected chi connectivity index (χ4v) is 4.83. The van der Waals surface area contributed by atoms with E-state index in [9.17, 15) is 27.6 Å². The van der Waals surface area contributed by atoms with Gasteiger partial charge in [0, 0.05) is 37.7 Å². The van der Waals surface area contributed by atoms with Crippen LogP contribution in [0.3, 0.4) is 0 Å². The van der Waals surface area contributed by atoms with E-state index in [0.717, 1.165) is 43.2 Å². The molecular weight excluding hydrogens is 505 g/mol. The van der Waals surface area contributed by atoms with Crippen LogP contribution in [0.2, 0.25) is 0 Å². The molecule has 5 rings (SSSR count). The number of aliphatic carboxylic acids is 1. The van der Waals surface area contributed by atoms with E-state index >= 15 is 0 Å². The summed E-state index contributed by atoms with van der Waals surface area (Å²) in [5.41, 5.74) is -0.0157. The third-order valence-electron chi connectivity index (χ3n) is 7.18. The molecule has 1 saturated carbocycles. The number of nitrogens with zero attached hydrogens (tertiary/aromatic N) is 2. The number of carboxylic acid groups (broad SMARTS) is 1. The Balaban J connectivity index is 0.000000426. The first kappa shape index (κ1) is 27.4. The summed E-state index contributed by atoms with van der Waals surface area (Å²) >= 11 is 0. The molecule has 1 aliphatic carbocycles. The molecule has 2 aromatic carbocycles. The highest BCUT2D eigenvalue weighted by Gasteiger charge is 2.54. The van der Waals surface area contributed by atoms with Crippen LogP contribution in [0.25, 0.3) is 10.8 Å². The van der Waals surface area contributed by atoms with Gasteiger partial charge in [-0.2, -0.15) is 13.2 Å². The molecule has 0 bridgehead atoms. The Labute approximate surface area is 216 Å². The smallest absolute Gasteiger partial charge is 0.475 e. The molecule has 3 N–H and O–H groups in total. The minimum Gasteiger partial charge on any atom is -0.475 e. The summed E-state index contributed by atoms with van der Waals surface area (Å²) in [7, 11) is 0. The SMILES string of the molecule is O=C(NCCN1CCC2(CC1)C(=O)NCN2C(=O)C1CC1)c1ccc2ccccc2c1.O=C(O)C(F)(F)F. The highest BCUT2D eigenvalue weighted by atomic mass is 19.4. The number of halogens is 3. The first-order valence-corrected chi connectivity index (χ1v) is 12.4. The van der Waals surface area contributed by atoms with Crippen LogP contribution in [0.15, 0.2) is 42.5 Å². The number of carbonyl (C=O) groups is 4. The normalized spacial score (nSPS) is 19.0. The zero-order chi connectivity index (χ0) is 27.5. The van der Waals surface area contributed by atoms with Crippen molar-refractivity contribution in [1.29, 1.82) is 0 Å². The van der Waals surface area contributed by atoms with Crippen LogP contribution in [-0.4, -0.2) is 83.2 Å². The molecule has 2 aromatic rings. The van der Waals surface area contributed by atoms with Gasteiger partial charge in [0.15, 0.2) is 0 Å². The first-order chi connectivity index (χ1) is 18.0. The van der Waals surface area contributed by atoms with Crippen molar-refractivity contribution in [2.24, 2.45) is 5.92 Å². The predicted octanol–water partition coefficient (Wildman–Crippen LogP) is 2.36. The number of benzene rings is 2. The molecule has 3 aliphatic rings. The van der Waals surface area contributed by atoms with Gasteiger partial charge in [-0.25, -0.2) is 4.79 Å². The van der Waals surface area contributed by atoms with Gasteiger partial charge in [-0.05, 0) is 48.6 Å². The average molecular weight is 535 g/mol. The maximum Gasteiger partial charge on any atom is 0.490 e. The van der Waals surface area contributed by atoms with Crippen molar-refractivity contribution < 1.29 is 37.5 Å². The van der Waals surface area contributed by atoms with Crippen LogP contribution >= 0.6 is 0 Å². The Kier molecular flexibility index (Phi) is 7.91. The standard InChI is InChI=1S/C24H28N4O3.C2HF3O2/c29-21(20-8-5-17-3-1-2-4-19(17)15-20)25-11-14-27-12-9-24(10-13-27)23(31)26-16-28(24)22(30)18-6-7-18;3-2(4,5)1(6)7/h1-5,8,15,18H,6-7,9-14,16H2,(H,25,29)(H,26,31);(H,6,7). The summed E-state index contributed by atoms with van der Waals surface area (Å²) in [5, 5.41) is 15.2. The summed E-state index contributed by atoms with van der Waals surface area (Å²) in [5.74, 6) is -2.59. The van der Waals surface area contributed by atoms with E-state index in [2.05, 4.69) is 15.5 Å². The van der Waals surface area contributed by atoms with Crippen LogP contribution in [0, 0.1) is 5.92 Å². The van der Waals surface area contributed by atoms with Crippen molar-refractivity contribution in [3.8, 4) is 0 Å². The van der Waals surface area contributed by atoms with Crippen molar-refractivity contribution in [1.82, 2.24) is 20.4 Å². The van der Waals surface area contributed by atoms with Crippen molar-refractivity contribution in [2.45, 2.75) is 37.4 Å². The Bertz CT molecular complexity index is 1220. The Morgan fingerprint density at radius 2 is 1.68 bits per heavy atom. The monoisotopic (exact) mass is 534 g/mol. The van der Waals surface area contributed by atoms with Crippen molar-refractivity contribution in [3.63, 3.8) is 0 Å². The molecule has 3 amide bonds. The highest BCUT2D eigenvalue weighted by Crippen LogP contribution is 2.38. The third kappa shape index (κ3) is 6.07. The molecule has 2 heterocycles. The number of hydrogen-bond acceptors (Lipinski definition) is 5. The van der Waals surface area contributed by atoms with Gasteiger partial charge in [-0.15, -0.1) is 0 Å². The van der Waals surface area contributed by atoms with Gasteiger partial charge >= 0.3 is 12.1 Å². The number of fused-ring (bicyclic) bond motifs is 1. The van der Waals surface area contributed by atoms with Crippen molar-refractivity contribution in [3.05, 3.63) is 48.0 Å². The van der Waals surface area contributed by atoms with Gasteiger partial charge in [0.1, 0.15) is 5.54 Å². The fraction of sp³-hybridized carbons (Fsp3) is 0.462. The molecule has 0 aromatic heterocycles.